The smallest absolute Gasteiger partial charge is 0.261 e. The van der Waals surface area contributed by atoms with Crippen LogP contribution < -0.4 is 9.62 Å². The van der Waals surface area contributed by atoms with Gasteiger partial charge in [-0.05, 0) is 48.5 Å². The van der Waals surface area contributed by atoms with E-state index in [1.165, 1.54) is 12.1 Å². The third-order valence-electron chi connectivity index (χ3n) is 4.59. The zero-order valence-corrected chi connectivity index (χ0v) is 16.1. The number of nitrogens with one attached hydrogen (secondary N) is 1. The normalized spacial score (nSPS) is 15.7. The Kier molecular flexibility index (Phi) is 6.30. The number of sulfonamides is 1. The summed E-state index contributed by atoms with van der Waals surface area (Å²) in [5.74, 6) is -0.472. The van der Waals surface area contributed by atoms with Crippen molar-refractivity contribution in [3.8, 4) is 0 Å². The fraction of sp³-hybridized carbons (Fsp3) is 0.368. The molecule has 1 saturated heterocycles. The number of nitrogens with zero attached hydrogens (tertiary/aromatic N) is 2. The van der Waals surface area contributed by atoms with E-state index in [1.807, 2.05) is 12.1 Å². The molecule has 8 heteroatoms. The Bertz CT molecular complexity index is 834. The van der Waals surface area contributed by atoms with E-state index in [9.17, 15) is 12.8 Å². The highest BCUT2D eigenvalue weighted by atomic mass is 32.2. The number of rotatable bonds is 7. The van der Waals surface area contributed by atoms with Crippen molar-refractivity contribution >= 4 is 21.4 Å². The quantitative estimate of drug-likeness (QED) is 0.783. The van der Waals surface area contributed by atoms with E-state index in [1.54, 1.807) is 19.2 Å². The van der Waals surface area contributed by atoms with Crippen LogP contribution in [0.5, 0.6) is 0 Å². The molecule has 2 aromatic rings. The van der Waals surface area contributed by atoms with E-state index >= 15 is 0 Å². The summed E-state index contributed by atoms with van der Waals surface area (Å²) in [7, 11) is -2.02. The largest absolute Gasteiger partial charge is 0.383 e. The summed E-state index contributed by atoms with van der Waals surface area (Å²) in [4.78, 5) is 4.67. The molecule has 2 aromatic carbocycles. The second-order valence-electron chi connectivity index (χ2n) is 6.43. The first-order valence-electron chi connectivity index (χ1n) is 8.82. The minimum Gasteiger partial charge on any atom is -0.383 e. The molecule has 0 aromatic heterocycles. The Balaban J connectivity index is 1.60. The van der Waals surface area contributed by atoms with Crippen LogP contribution in [0.4, 0.5) is 15.8 Å². The number of halogens is 1. The first kappa shape index (κ1) is 19.6. The summed E-state index contributed by atoms with van der Waals surface area (Å²) in [6.07, 6.45) is 0. The van der Waals surface area contributed by atoms with Gasteiger partial charge in [0.2, 0.25) is 0 Å². The van der Waals surface area contributed by atoms with E-state index in [0.717, 1.165) is 57.2 Å². The van der Waals surface area contributed by atoms with Crippen LogP contribution in [0, 0.1) is 5.82 Å². The van der Waals surface area contributed by atoms with Crippen molar-refractivity contribution in [3.05, 3.63) is 54.3 Å². The molecular weight excluding hydrogens is 369 g/mol. The molecule has 0 saturated carbocycles. The third-order valence-corrected chi connectivity index (χ3v) is 5.99. The van der Waals surface area contributed by atoms with E-state index < -0.39 is 15.8 Å². The van der Waals surface area contributed by atoms with Crippen LogP contribution in [0.25, 0.3) is 0 Å². The highest BCUT2D eigenvalue weighted by Gasteiger charge is 2.18. The molecule has 1 aliphatic rings. The maximum Gasteiger partial charge on any atom is 0.261 e. The maximum atomic E-state index is 13.0. The Morgan fingerprint density at radius 2 is 1.63 bits per heavy atom. The molecule has 0 bridgehead atoms. The lowest BCUT2D eigenvalue weighted by molar-refractivity contribution is 0.144. The number of benzene rings is 2. The Morgan fingerprint density at radius 1 is 1.00 bits per heavy atom. The van der Waals surface area contributed by atoms with Gasteiger partial charge in [-0.25, -0.2) is 12.8 Å². The molecule has 0 atom stereocenters. The average molecular weight is 393 g/mol. The minimum atomic E-state index is -3.73. The summed E-state index contributed by atoms with van der Waals surface area (Å²) in [6, 6.07) is 12.1. The first-order chi connectivity index (χ1) is 13.0. The predicted octanol–water partition coefficient (Wildman–Crippen LogP) is 2.39. The van der Waals surface area contributed by atoms with Gasteiger partial charge in [-0.1, -0.05) is 0 Å². The highest BCUT2D eigenvalue weighted by Crippen LogP contribution is 2.22. The molecule has 146 valence electrons. The molecule has 1 fully saturated rings. The van der Waals surface area contributed by atoms with E-state index in [2.05, 4.69) is 14.5 Å². The summed E-state index contributed by atoms with van der Waals surface area (Å²) < 4.78 is 45.3. The van der Waals surface area contributed by atoms with Crippen LogP contribution in [0.3, 0.4) is 0 Å². The monoisotopic (exact) mass is 393 g/mol. The first-order valence-corrected chi connectivity index (χ1v) is 10.3. The summed E-state index contributed by atoms with van der Waals surface area (Å²) in [5, 5.41) is 0. The Labute approximate surface area is 159 Å². The number of ether oxygens (including phenoxy) is 1. The van der Waals surface area contributed by atoms with Gasteiger partial charge < -0.3 is 9.64 Å². The van der Waals surface area contributed by atoms with Crippen LogP contribution in [0.2, 0.25) is 0 Å². The van der Waals surface area contributed by atoms with Gasteiger partial charge in [0.05, 0.1) is 11.5 Å². The zero-order valence-electron chi connectivity index (χ0n) is 15.3. The summed E-state index contributed by atoms with van der Waals surface area (Å²) >= 11 is 0. The Hall–Kier alpha value is -2.16. The number of piperazine rings is 1. The lowest BCUT2D eigenvalue weighted by Gasteiger charge is -2.36. The van der Waals surface area contributed by atoms with Gasteiger partial charge >= 0.3 is 0 Å². The van der Waals surface area contributed by atoms with Gasteiger partial charge in [0.25, 0.3) is 10.0 Å². The topological polar surface area (TPSA) is 61.9 Å². The van der Waals surface area contributed by atoms with Gasteiger partial charge in [-0.15, -0.1) is 0 Å². The molecule has 27 heavy (non-hydrogen) atoms. The number of anilines is 2. The van der Waals surface area contributed by atoms with Crippen molar-refractivity contribution in [1.82, 2.24) is 4.90 Å². The molecule has 0 unspecified atom stereocenters. The van der Waals surface area contributed by atoms with Crippen LogP contribution in [0.15, 0.2) is 53.4 Å². The van der Waals surface area contributed by atoms with Gasteiger partial charge in [-0.3, -0.25) is 9.62 Å². The second-order valence-corrected chi connectivity index (χ2v) is 8.11. The minimum absolute atomic E-state index is 0.0279. The van der Waals surface area contributed by atoms with Crippen molar-refractivity contribution < 1.29 is 17.5 Å². The van der Waals surface area contributed by atoms with Gasteiger partial charge in [0.15, 0.2) is 0 Å². The summed E-state index contributed by atoms with van der Waals surface area (Å²) in [5.41, 5.74) is 1.54. The van der Waals surface area contributed by atoms with Crippen molar-refractivity contribution in [2.75, 3.05) is 56.1 Å². The Morgan fingerprint density at radius 3 is 2.22 bits per heavy atom. The fourth-order valence-corrected chi connectivity index (χ4v) is 4.08. The molecule has 0 aliphatic carbocycles. The lowest BCUT2D eigenvalue weighted by atomic mass is 10.2. The molecule has 1 aliphatic heterocycles. The van der Waals surface area contributed by atoms with Crippen molar-refractivity contribution in [1.29, 1.82) is 0 Å². The fourth-order valence-electron chi connectivity index (χ4n) is 3.02. The van der Waals surface area contributed by atoms with Crippen molar-refractivity contribution in [2.24, 2.45) is 0 Å². The number of hydrogen-bond donors (Lipinski definition) is 1. The molecule has 1 heterocycles. The molecule has 0 amide bonds. The van der Waals surface area contributed by atoms with Crippen LogP contribution in [0.1, 0.15) is 0 Å². The lowest BCUT2D eigenvalue weighted by Crippen LogP contribution is -2.47. The van der Waals surface area contributed by atoms with Crippen LogP contribution in [-0.2, 0) is 14.8 Å². The van der Waals surface area contributed by atoms with Crippen molar-refractivity contribution in [3.63, 3.8) is 0 Å². The van der Waals surface area contributed by atoms with E-state index in [4.69, 9.17) is 4.74 Å². The predicted molar refractivity (Wildman–Crippen MR) is 104 cm³/mol. The van der Waals surface area contributed by atoms with Crippen molar-refractivity contribution in [2.45, 2.75) is 4.90 Å². The standard InChI is InChI=1S/C19H24FN3O3S/c1-26-15-14-22-10-12-23(13-11-22)18-6-4-17(5-7-18)21-27(24,25)19-8-2-16(20)3-9-19/h2-9,21H,10-15H2,1H3. The molecule has 0 radical (unpaired) electrons. The van der Waals surface area contributed by atoms with Gasteiger partial charge in [-0.2, -0.15) is 0 Å². The zero-order chi connectivity index (χ0) is 19.3. The van der Waals surface area contributed by atoms with E-state index in [0.29, 0.717) is 5.69 Å². The molecule has 0 spiro atoms. The average Bonchev–Trinajstić information content (AvgIpc) is 2.67. The highest BCUT2D eigenvalue weighted by molar-refractivity contribution is 7.92. The molecule has 3 rings (SSSR count). The van der Waals surface area contributed by atoms with Gasteiger partial charge in [0, 0.05) is 51.2 Å². The van der Waals surface area contributed by atoms with Crippen LogP contribution >= 0.6 is 0 Å². The van der Waals surface area contributed by atoms with Gasteiger partial charge in [0.1, 0.15) is 5.82 Å². The molecular formula is C19H24FN3O3S. The maximum absolute atomic E-state index is 13.0. The number of methoxy groups -OCH3 is 1. The molecule has 6 nitrogen and oxygen atoms in total. The molecule has 1 N–H and O–H groups in total. The van der Waals surface area contributed by atoms with Crippen LogP contribution in [-0.4, -0.2) is 59.8 Å². The second kappa shape index (κ2) is 8.69. The summed E-state index contributed by atoms with van der Waals surface area (Å²) in [6.45, 7) is 5.47. The number of hydrogen-bond acceptors (Lipinski definition) is 5. The SMILES string of the molecule is COCCN1CCN(c2ccc(NS(=O)(=O)c3ccc(F)cc3)cc2)CC1. The van der Waals surface area contributed by atoms with E-state index in [-0.39, 0.29) is 4.90 Å². The third kappa shape index (κ3) is 5.18.